The van der Waals surface area contributed by atoms with Crippen LogP contribution in [-0.4, -0.2) is 34.6 Å². The topological polar surface area (TPSA) is 99.3 Å². The fourth-order valence-electron chi connectivity index (χ4n) is 1.68. The predicted octanol–water partition coefficient (Wildman–Crippen LogP) is 0.377. The van der Waals surface area contributed by atoms with Crippen LogP contribution in [-0.2, 0) is 4.74 Å². The van der Waals surface area contributed by atoms with E-state index in [1.165, 1.54) is 0 Å². The molecule has 1 heterocycles. The summed E-state index contributed by atoms with van der Waals surface area (Å²) >= 11 is 0. The van der Waals surface area contributed by atoms with Crippen molar-refractivity contribution in [2.24, 2.45) is 0 Å². The molecule has 0 saturated carbocycles. The molecule has 0 saturated heterocycles. The fraction of sp³-hybridized carbons (Fsp3) is 0.385. The minimum Gasteiger partial charge on any atom is -0.443 e. The van der Waals surface area contributed by atoms with Gasteiger partial charge in [-0.1, -0.05) is 11.5 Å². The van der Waals surface area contributed by atoms with E-state index in [1.807, 2.05) is 0 Å². The standard InChI is InChI=1S/C13H17BN4O3/c1-13(2,3)21-12(20)18-17-11(19)10-15-8-5-4-7(14)6-9(8)16-10/h4-6,11,17,19H,1-3H3,(H,15,16)(H,18,20). The summed E-state index contributed by atoms with van der Waals surface area (Å²) in [5, 5.41) is 9.93. The second-order valence-corrected chi connectivity index (χ2v) is 5.57. The smallest absolute Gasteiger partial charge is 0.422 e. The average Bonchev–Trinajstić information content (AvgIpc) is 2.76. The number of rotatable bonds is 3. The van der Waals surface area contributed by atoms with Crippen LogP contribution in [0.2, 0.25) is 0 Å². The number of aliphatic hydroxyl groups is 1. The zero-order valence-electron chi connectivity index (χ0n) is 12.1. The van der Waals surface area contributed by atoms with E-state index >= 15 is 0 Å². The number of aromatic nitrogens is 2. The Morgan fingerprint density at radius 1 is 1.48 bits per heavy atom. The first-order valence-corrected chi connectivity index (χ1v) is 6.42. The number of imidazole rings is 1. The number of hydrazine groups is 1. The lowest BCUT2D eigenvalue weighted by atomic mass is 9.96. The summed E-state index contributed by atoms with van der Waals surface area (Å²) in [7, 11) is 5.67. The number of nitrogens with zero attached hydrogens (tertiary/aromatic N) is 1. The average molecular weight is 288 g/mol. The zero-order valence-corrected chi connectivity index (χ0v) is 12.1. The Bertz CT molecular complexity index is 650. The van der Waals surface area contributed by atoms with E-state index in [-0.39, 0.29) is 5.82 Å². The SMILES string of the molecule is [B]c1ccc2nc(C(O)NNC(=O)OC(C)(C)C)[nH]c2c1. The maximum atomic E-state index is 11.5. The molecule has 0 aliphatic rings. The lowest BCUT2D eigenvalue weighted by Gasteiger charge is -2.20. The Balaban J connectivity index is 1.99. The maximum Gasteiger partial charge on any atom is 0.422 e. The normalized spacial score (nSPS) is 13.1. The van der Waals surface area contributed by atoms with E-state index in [0.717, 1.165) is 0 Å². The molecule has 1 amide bonds. The molecule has 7 nitrogen and oxygen atoms in total. The molecular formula is C13H17BN4O3. The van der Waals surface area contributed by atoms with Gasteiger partial charge >= 0.3 is 6.09 Å². The van der Waals surface area contributed by atoms with Crippen molar-refractivity contribution in [1.82, 2.24) is 20.8 Å². The number of H-pyrrole nitrogens is 1. The first kappa shape index (κ1) is 15.3. The lowest BCUT2D eigenvalue weighted by Crippen LogP contribution is -2.43. The van der Waals surface area contributed by atoms with Crippen LogP contribution in [0.5, 0.6) is 0 Å². The van der Waals surface area contributed by atoms with Crippen LogP contribution < -0.4 is 16.3 Å². The van der Waals surface area contributed by atoms with Gasteiger partial charge in [-0.15, -0.1) is 0 Å². The number of aromatic amines is 1. The van der Waals surface area contributed by atoms with Crippen molar-refractivity contribution >= 4 is 30.4 Å². The predicted molar refractivity (Wildman–Crippen MR) is 78.9 cm³/mol. The molecule has 1 unspecified atom stereocenters. The van der Waals surface area contributed by atoms with Crippen LogP contribution in [0.25, 0.3) is 11.0 Å². The number of carbonyl (C=O) groups is 1. The number of hydrogen-bond donors (Lipinski definition) is 4. The molecule has 2 aromatic rings. The van der Waals surface area contributed by atoms with Gasteiger partial charge in [-0.05, 0) is 32.9 Å². The third kappa shape index (κ3) is 4.20. The van der Waals surface area contributed by atoms with Gasteiger partial charge < -0.3 is 14.8 Å². The zero-order chi connectivity index (χ0) is 15.6. The second-order valence-electron chi connectivity index (χ2n) is 5.57. The molecule has 0 spiro atoms. The van der Waals surface area contributed by atoms with Crippen molar-refractivity contribution < 1.29 is 14.6 Å². The van der Waals surface area contributed by atoms with Crippen molar-refractivity contribution in [3.63, 3.8) is 0 Å². The van der Waals surface area contributed by atoms with Gasteiger partial charge in [-0.3, -0.25) is 5.43 Å². The number of hydrogen-bond acceptors (Lipinski definition) is 5. The molecule has 1 atom stereocenters. The highest BCUT2D eigenvalue weighted by atomic mass is 16.6. The quantitative estimate of drug-likeness (QED) is 0.372. The Morgan fingerprint density at radius 2 is 2.19 bits per heavy atom. The van der Waals surface area contributed by atoms with Gasteiger partial charge in [0, 0.05) is 0 Å². The summed E-state index contributed by atoms with van der Waals surface area (Å²) in [6.07, 6.45) is -1.90. The number of benzene rings is 1. The largest absolute Gasteiger partial charge is 0.443 e. The molecule has 0 fully saturated rings. The van der Waals surface area contributed by atoms with E-state index < -0.39 is 17.9 Å². The van der Waals surface area contributed by atoms with Gasteiger partial charge in [0.1, 0.15) is 13.4 Å². The minimum absolute atomic E-state index is 0.256. The van der Waals surface area contributed by atoms with E-state index in [9.17, 15) is 9.90 Å². The molecule has 4 N–H and O–H groups in total. The van der Waals surface area contributed by atoms with E-state index in [2.05, 4.69) is 20.8 Å². The van der Waals surface area contributed by atoms with Gasteiger partial charge in [0.2, 0.25) is 0 Å². The van der Waals surface area contributed by atoms with Crippen molar-refractivity contribution in [3.8, 4) is 0 Å². The summed E-state index contributed by atoms with van der Waals surface area (Å²) < 4.78 is 5.03. The highest BCUT2D eigenvalue weighted by Crippen LogP contribution is 2.13. The van der Waals surface area contributed by atoms with Crippen molar-refractivity contribution in [1.29, 1.82) is 0 Å². The first-order chi connectivity index (χ1) is 9.74. The minimum atomic E-state index is -1.20. The molecule has 1 aromatic heterocycles. The van der Waals surface area contributed by atoms with E-state index in [4.69, 9.17) is 12.6 Å². The Morgan fingerprint density at radius 3 is 2.86 bits per heavy atom. The number of aliphatic hydroxyl groups excluding tert-OH is 1. The summed E-state index contributed by atoms with van der Waals surface area (Å²) in [4.78, 5) is 18.6. The van der Waals surface area contributed by atoms with Crippen LogP contribution in [0.15, 0.2) is 18.2 Å². The maximum absolute atomic E-state index is 11.5. The Labute approximate surface area is 123 Å². The molecule has 0 aliphatic carbocycles. The molecule has 8 heteroatoms. The summed E-state index contributed by atoms with van der Waals surface area (Å²) in [5.74, 6) is 0.256. The molecule has 0 aliphatic heterocycles. The van der Waals surface area contributed by atoms with Crippen LogP contribution in [0.4, 0.5) is 4.79 Å². The number of ether oxygens (including phenoxy) is 1. The molecule has 2 rings (SSSR count). The van der Waals surface area contributed by atoms with Gasteiger partial charge in [0.05, 0.1) is 11.0 Å². The summed E-state index contributed by atoms with van der Waals surface area (Å²) in [5.41, 5.74) is 5.98. The van der Waals surface area contributed by atoms with Crippen molar-refractivity contribution in [2.45, 2.75) is 32.6 Å². The van der Waals surface area contributed by atoms with E-state index in [0.29, 0.717) is 16.5 Å². The molecule has 0 bridgehead atoms. The van der Waals surface area contributed by atoms with Crippen molar-refractivity contribution in [3.05, 3.63) is 24.0 Å². The summed E-state index contributed by atoms with van der Waals surface area (Å²) in [6.45, 7) is 5.23. The van der Waals surface area contributed by atoms with Gasteiger partial charge in [-0.2, -0.15) is 5.43 Å². The highest BCUT2D eigenvalue weighted by Gasteiger charge is 2.18. The molecular weight excluding hydrogens is 271 g/mol. The first-order valence-electron chi connectivity index (χ1n) is 6.42. The Hall–Kier alpha value is -2.06. The molecule has 21 heavy (non-hydrogen) atoms. The van der Waals surface area contributed by atoms with E-state index in [1.54, 1.807) is 39.0 Å². The molecule has 2 radical (unpaired) electrons. The lowest BCUT2D eigenvalue weighted by molar-refractivity contribution is 0.0388. The van der Waals surface area contributed by atoms with Gasteiger partial charge in [-0.25, -0.2) is 9.78 Å². The Kier molecular flexibility index (Phi) is 4.20. The van der Waals surface area contributed by atoms with Gasteiger partial charge in [0.15, 0.2) is 12.1 Å². The second kappa shape index (κ2) is 5.75. The van der Waals surface area contributed by atoms with Crippen molar-refractivity contribution in [2.75, 3.05) is 0 Å². The fourth-order valence-corrected chi connectivity index (χ4v) is 1.68. The number of carbonyl (C=O) groups excluding carboxylic acids is 1. The molecule has 1 aromatic carbocycles. The third-order valence-electron chi connectivity index (χ3n) is 2.49. The number of nitrogens with one attached hydrogen (secondary N) is 3. The van der Waals surface area contributed by atoms with Crippen LogP contribution in [0.1, 0.15) is 32.8 Å². The van der Waals surface area contributed by atoms with Crippen LogP contribution in [0, 0.1) is 0 Å². The monoisotopic (exact) mass is 288 g/mol. The van der Waals surface area contributed by atoms with Crippen LogP contribution >= 0.6 is 0 Å². The van der Waals surface area contributed by atoms with Crippen LogP contribution in [0.3, 0.4) is 0 Å². The number of fused-ring (bicyclic) bond motifs is 1. The number of amides is 1. The van der Waals surface area contributed by atoms with Gasteiger partial charge in [0.25, 0.3) is 0 Å². The third-order valence-corrected chi connectivity index (χ3v) is 2.49. The highest BCUT2D eigenvalue weighted by molar-refractivity contribution is 6.33. The summed E-state index contributed by atoms with van der Waals surface area (Å²) in [6, 6.07) is 5.16. The molecule has 110 valence electrons.